The Morgan fingerprint density at radius 3 is 2.88 bits per heavy atom. The maximum absolute atomic E-state index is 12.4. The number of pyridine rings is 1. The van der Waals surface area contributed by atoms with Crippen LogP contribution in [0, 0.1) is 5.92 Å². The lowest BCUT2D eigenvalue weighted by atomic mass is 10.0. The standard InChI is InChI=1S/C24H28N4O4/c1-25-11-16-12-26-23(28-24(29)14-3-4-14)22-18(16)10-19(27-22)17-6-5-15(9-20(17)30-2)21-13-31-7-8-32-21/h5-6,9-10,12,14,21,25,27H,3-4,7-8,11,13H2,1-2H3,(H,26,28,29). The zero-order chi connectivity index (χ0) is 22.1. The van der Waals surface area contributed by atoms with Gasteiger partial charge in [0.15, 0.2) is 5.82 Å². The Morgan fingerprint density at radius 2 is 2.16 bits per heavy atom. The zero-order valence-electron chi connectivity index (χ0n) is 18.4. The summed E-state index contributed by atoms with van der Waals surface area (Å²) in [5, 5.41) is 7.21. The molecule has 3 aromatic rings. The number of hydrogen-bond acceptors (Lipinski definition) is 6. The SMILES string of the molecule is CNCc1cnc(NC(=O)C2CC2)c2[nH]c(-c3ccc(C4COCCO4)cc3OC)cc12. The van der Waals surface area contributed by atoms with Gasteiger partial charge in [0.25, 0.3) is 0 Å². The van der Waals surface area contributed by atoms with Crippen LogP contribution >= 0.6 is 0 Å². The number of carbonyl (C=O) groups excluding carboxylic acids is 1. The number of fused-ring (bicyclic) bond motifs is 1. The number of nitrogens with zero attached hydrogens (tertiary/aromatic N) is 1. The fraction of sp³-hybridized carbons (Fsp3) is 0.417. The number of amides is 1. The highest BCUT2D eigenvalue weighted by atomic mass is 16.6. The minimum absolute atomic E-state index is 0.0351. The number of aromatic amines is 1. The van der Waals surface area contributed by atoms with Crippen LogP contribution in [0.15, 0.2) is 30.5 Å². The van der Waals surface area contributed by atoms with E-state index in [1.54, 1.807) is 7.11 Å². The number of aromatic nitrogens is 2. The topological polar surface area (TPSA) is 97.5 Å². The molecule has 0 radical (unpaired) electrons. The van der Waals surface area contributed by atoms with Crippen molar-refractivity contribution in [3.63, 3.8) is 0 Å². The number of hydrogen-bond donors (Lipinski definition) is 3. The monoisotopic (exact) mass is 436 g/mol. The first kappa shape index (κ1) is 20.9. The van der Waals surface area contributed by atoms with Crippen LogP contribution in [0.5, 0.6) is 5.75 Å². The summed E-state index contributed by atoms with van der Waals surface area (Å²) in [6, 6.07) is 8.17. The van der Waals surface area contributed by atoms with Gasteiger partial charge in [0.05, 0.1) is 38.1 Å². The molecule has 1 saturated heterocycles. The second-order valence-electron chi connectivity index (χ2n) is 8.29. The lowest BCUT2D eigenvalue weighted by Gasteiger charge is -2.24. The van der Waals surface area contributed by atoms with E-state index in [9.17, 15) is 4.79 Å². The smallest absolute Gasteiger partial charge is 0.228 e. The number of nitrogens with one attached hydrogen (secondary N) is 3. The number of rotatable bonds is 7. The van der Waals surface area contributed by atoms with Gasteiger partial charge in [0.2, 0.25) is 5.91 Å². The highest BCUT2D eigenvalue weighted by Gasteiger charge is 2.30. The Hall–Kier alpha value is -2.94. The maximum atomic E-state index is 12.4. The van der Waals surface area contributed by atoms with Gasteiger partial charge >= 0.3 is 0 Å². The predicted octanol–water partition coefficient (Wildman–Crippen LogP) is 3.39. The van der Waals surface area contributed by atoms with Crippen LogP contribution in [0.2, 0.25) is 0 Å². The maximum Gasteiger partial charge on any atom is 0.228 e. The summed E-state index contributed by atoms with van der Waals surface area (Å²) in [6.45, 7) is 2.43. The fourth-order valence-electron chi connectivity index (χ4n) is 4.12. The van der Waals surface area contributed by atoms with Crippen molar-refractivity contribution < 1.29 is 19.0 Å². The highest BCUT2D eigenvalue weighted by Crippen LogP contribution is 2.37. The van der Waals surface area contributed by atoms with Gasteiger partial charge in [-0.1, -0.05) is 6.07 Å². The second kappa shape index (κ2) is 8.90. The van der Waals surface area contributed by atoms with Gasteiger partial charge in [-0.25, -0.2) is 4.98 Å². The largest absolute Gasteiger partial charge is 0.496 e. The van der Waals surface area contributed by atoms with E-state index in [1.807, 2.05) is 31.4 Å². The molecule has 8 heteroatoms. The molecule has 32 heavy (non-hydrogen) atoms. The summed E-state index contributed by atoms with van der Waals surface area (Å²) in [6.07, 6.45) is 3.62. The van der Waals surface area contributed by atoms with E-state index in [2.05, 4.69) is 26.7 Å². The predicted molar refractivity (Wildman–Crippen MR) is 122 cm³/mol. The molecule has 1 aromatic carbocycles. The number of carbonyl (C=O) groups is 1. The Bertz CT molecular complexity index is 1130. The Labute approximate surface area is 186 Å². The summed E-state index contributed by atoms with van der Waals surface area (Å²) in [7, 11) is 3.57. The van der Waals surface area contributed by atoms with E-state index < -0.39 is 0 Å². The molecule has 2 aliphatic rings. The molecule has 5 rings (SSSR count). The molecule has 1 aliphatic heterocycles. The number of methoxy groups -OCH3 is 1. The lowest BCUT2D eigenvalue weighted by Crippen LogP contribution is -2.21. The fourth-order valence-corrected chi connectivity index (χ4v) is 4.12. The molecule has 0 spiro atoms. The molecule has 168 valence electrons. The van der Waals surface area contributed by atoms with Gasteiger partial charge in [-0.3, -0.25) is 4.79 Å². The summed E-state index contributed by atoms with van der Waals surface area (Å²) in [5.41, 5.74) is 4.72. The van der Waals surface area contributed by atoms with Gasteiger partial charge in [-0.05, 0) is 49.2 Å². The number of ether oxygens (including phenoxy) is 3. The molecule has 3 N–H and O–H groups in total. The van der Waals surface area contributed by atoms with E-state index in [0.29, 0.717) is 32.2 Å². The zero-order valence-corrected chi connectivity index (χ0v) is 18.4. The Balaban J connectivity index is 1.54. The van der Waals surface area contributed by atoms with Gasteiger partial charge in [-0.2, -0.15) is 0 Å². The molecule has 1 amide bonds. The molecule has 1 saturated carbocycles. The third kappa shape index (κ3) is 4.09. The van der Waals surface area contributed by atoms with E-state index >= 15 is 0 Å². The van der Waals surface area contributed by atoms with E-state index in [1.165, 1.54) is 0 Å². The number of H-pyrrole nitrogens is 1. The second-order valence-corrected chi connectivity index (χ2v) is 8.29. The summed E-state index contributed by atoms with van der Waals surface area (Å²) < 4.78 is 17.1. The van der Waals surface area contributed by atoms with E-state index in [-0.39, 0.29) is 17.9 Å². The van der Waals surface area contributed by atoms with Gasteiger partial charge in [0.1, 0.15) is 11.9 Å². The van der Waals surface area contributed by atoms with E-state index in [4.69, 9.17) is 14.2 Å². The lowest BCUT2D eigenvalue weighted by molar-refractivity contribution is -0.117. The van der Waals surface area contributed by atoms with E-state index in [0.717, 1.165) is 51.9 Å². The Morgan fingerprint density at radius 1 is 1.28 bits per heavy atom. The van der Waals surface area contributed by atoms with Crippen LogP contribution in [-0.2, 0) is 20.8 Å². The molecule has 1 atom stereocenters. The molecule has 0 bridgehead atoms. The van der Waals surface area contributed by atoms with Crippen molar-refractivity contribution >= 4 is 22.6 Å². The summed E-state index contributed by atoms with van der Waals surface area (Å²) in [5.74, 6) is 1.45. The molecule has 2 aromatic heterocycles. The molecule has 3 heterocycles. The Kier molecular flexibility index (Phi) is 5.82. The van der Waals surface area contributed by atoms with Crippen molar-refractivity contribution in [3.8, 4) is 17.0 Å². The van der Waals surface area contributed by atoms with Gasteiger partial charge < -0.3 is 29.8 Å². The molecular formula is C24H28N4O4. The van der Waals surface area contributed by atoms with Crippen LogP contribution < -0.4 is 15.4 Å². The molecule has 1 aliphatic carbocycles. The van der Waals surface area contributed by atoms with Crippen molar-refractivity contribution in [2.24, 2.45) is 5.92 Å². The van der Waals surface area contributed by atoms with Crippen molar-refractivity contribution in [3.05, 3.63) is 41.6 Å². The average molecular weight is 437 g/mol. The first-order chi connectivity index (χ1) is 15.7. The van der Waals surface area contributed by atoms with Crippen LogP contribution in [-0.4, -0.2) is 49.9 Å². The summed E-state index contributed by atoms with van der Waals surface area (Å²) in [4.78, 5) is 20.4. The quantitative estimate of drug-likeness (QED) is 0.525. The van der Waals surface area contributed by atoms with Crippen molar-refractivity contribution in [1.82, 2.24) is 15.3 Å². The van der Waals surface area contributed by atoms with Crippen molar-refractivity contribution in [2.75, 3.05) is 39.3 Å². The third-order valence-electron chi connectivity index (χ3n) is 6.01. The van der Waals surface area contributed by atoms with Crippen molar-refractivity contribution in [2.45, 2.75) is 25.5 Å². The van der Waals surface area contributed by atoms with Gasteiger partial charge in [-0.15, -0.1) is 0 Å². The third-order valence-corrected chi connectivity index (χ3v) is 6.01. The minimum atomic E-state index is -0.0925. The first-order valence-corrected chi connectivity index (χ1v) is 11.0. The van der Waals surface area contributed by atoms with Crippen LogP contribution in [0.4, 0.5) is 5.82 Å². The van der Waals surface area contributed by atoms with Crippen molar-refractivity contribution in [1.29, 1.82) is 0 Å². The first-order valence-electron chi connectivity index (χ1n) is 11.0. The molecule has 2 fully saturated rings. The highest BCUT2D eigenvalue weighted by molar-refractivity contribution is 6.03. The number of anilines is 1. The molecule has 8 nitrogen and oxygen atoms in total. The average Bonchev–Trinajstić information content (AvgIpc) is 3.59. The van der Waals surface area contributed by atoms with Crippen LogP contribution in [0.1, 0.15) is 30.1 Å². The number of benzene rings is 1. The normalized spacial score (nSPS) is 18.6. The van der Waals surface area contributed by atoms with Crippen LogP contribution in [0.3, 0.4) is 0 Å². The summed E-state index contributed by atoms with van der Waals surface area (Å²) >= 11 is 0. The van der Waals surface area contributed by atoms with Crippen LogP contribution in [0.25, 0.3) is 22.2 Å². The molecule has 1 unspecified atom stereocenters. The molecular weight excluding hydrogens is 408 g/mol. The minimum Gasteiger partial charge on any atom is -0.496 e. The van der Waals surface area contributed by atoms with Gasteiger partial charge in [0, 0.05) is 29.6 Å².